The van der Waals surface area contributed by atoms with E-state index in [4.69, 9.17) is 0 Å². The van der Waals surface area contributed by atoms with Crippen LogP contribution in [0.15, 0.2) is 41.3 Å². The van der Waals surface area contributed by atoms with Crippen LogP contribution in [-0.2, 0) is 0 Å². The predicted octanol–water partition coefficient (Wildman–Crippen LogP) is 2.80. The number of nitrogens with zero attached hydrogens (tertiary/aromatic N) is 5. The average Bonchev–Trinajstić information content (AvgIpc) is 3.31. The van der Waals surface area contributed by atoms with Crippen molar-refractivity contribution in [2.45, 2.75) is 26.2 Å². The maximum absolute atomic E-state index is 12.5. The molecule has 1 aliphatic heterocycles. The summed E-state index contributed by atoms with van der Waals surface area (Å²) in [6.07, 6.45) is 5.42. The van der Waals surface area contributed by atoms with Crippen molar-refractivity contribution >= 4 is 17.0 Å². The highest BCUT2D eigenvalue weighted by molar-refractivity contribution is 5.76. The summed E-state index contributed by atoms with van der Waals surface area (Å²) in [5, 5.41) is 3.13. The Bertz CT molecular complexity index is 1160. The molecule has 0 amide bonds. The number of rotatable bonds is 3. The van der Waals surface area contributed by atoms with Crippen molar-refractivity contribution in [2.24, 2.45) is 0 Å². The van der Waals surface area contributed by atoms with Gasteiger partial charge >= 0.3 is 0 Å². The van der Waals surface area contributed by atoms with E-state index in [1.807, 2.05) is 31.2 Å². The van der Waals surface area contributed by atoms with Crippen LogP contribution >= 0.6 is 0 Å². The molecule has 0 aliphatic carbocycles. The van der Waals surface area contributed by atoms with Crippen molar-refractivity contribution in [3.63, 3.8) is 0 Å². The molecule has 142 valence electrons. The maximum Gasteiger partial charge on any atom is 0.274 e. The summed E-state index contributed by atoms with van der Waals surface area (Å²) < 4.78 is 1.41. The first-order valence-electron chi connectivity index (χ1n) is 9.55. The number of hydrogen-bond donors (Lipinski definition) is 2. The summed E-state index contributed by atoms with van der Waals surface area (Å²) in [6.45, 7) is 3.94. The zero-order valence-corrected chi connectivity index (χ0v) is 15.6. The largest absolute Gasteiger partial charge is 0.341 e. The van der Waals surface area contributed by atoms with Gasteiger partial charge < -0.3 is 9.88 Å². The van der Waals surface area contributed by atoms with Crippen molar-refractivity contribution in [1.29, 1.82) is 0 Å². The van der Waals surface area contributed by atoms with Gasteiger partial charge in [0, 0.05) is 30.9 Å². The molecule has 4 heterocycles. The third-order valence-corrected chi connectivity index (χ3v) is 5.20. The first kappa shape index (κ1) is 16.7. The molecule has 0 saturated carbocycles. The second-order valence-electron chi connectivity index (χ2n) is 7.14. The number of nitrogens with one attached hydrogen (secondary N) is 2. The first-order valence-corrected chi connectivity index (χ1v) is 9.55. The molecular weight excluding hydrogens is 354 g/mol. The number of fused-ring (bicyclic) bond motifs is 1. The minimum Gasteiger partial charge on any atom is -0.341 e. The van der Waals surface area contributed by atoms with Gasteiger partial charge in [-0.15, -0.1) is 0 Å². The van der Waals surface area contributed by atoms with Crippen LogP contribution in [0.2, 0.25) is 0 Å². The Morgan fingerprint density at radius 2 is 1.89 bits per heavy atom. The molecule has 3 aromatic heterocycles. The van der Waals surface area contributed by atoms with E-state index in [2.05, 4.69) is 29.9 Å². The van der Waals surface area contributed by atoms with Gasteiger partial charge in [0.05, 0.1) is 22.4 Å². The molecule has 4 aromatic rings. The molecule has 1 aromatic carbocycles. The Kier molecular flexibility index (Phi) is 3.96. The number of H-pyrrole nitrogens is 2. The van der Waals surface area contributed by atoms with Crippen molar-refractivity contribution < 1.29 is 0 Å². The van der Waals surface area contributed by atoms with Gasteiger partial charge in [0.25, 0.3) is 5.56 Å². The highest BCUT2D eigenvalue weighted by atomic mass is 16.1. The fourth-order valence-corrected chi connectivity index (χ4v) is 3.70. The zero-order valence-electron chi connectivity index (χ0n) is 15.6. The maximum atomic E-state index is 12.5. The fourth-order valence-electron chi connectivity index (χ4n) is 3.70. The Labute approximate surface area is 161 Å². The topological polar surface area (TPSA) is 95.5 Å². The number of piperidine rings is 1. The van der Waals surface area contributed by atoms with Crippen LogP contribution in [0.3, 0.4) is 0 Å². The number of para-hydroxylation sites is 2. The van der Waals surface area contributed by atoms with Gasteiger partial charge in [0.2, 0.25) is 11.9 Å². The smallest absolute Gasteiger partial charge is 0.274 e. The Balaban J connectivity index is 1.50. The van der Waals surface area contributed by atoms with Crippen molar-refractivity contribution in [1.82, 2.24) is 29.7 Å². The van der Waals surface area contributed by atoms with Crippen molar-refractivity contribution in [3.05, 3.63) is 52.6 Å². The quantitative estimate of drug-likeness (QED) is 0.574. The van der Waals surface area contributed by atoms with E-state index in [1.165, 1.54) is 23.9 Å². The summed E-state index contributed by atoms with van der Waals surface area (Å²) in [5.74, 6) is 1.22. The molecule has 0 spiro atoms. The number of hydrogen-bond acceptors (Lipinski definition) is 5. The van der Waals surface area contributed by atoms with Crippen LogP contribution in [0.5, 0.6) is 0 Å². The Morgan fingerprint density at radius 3 is 2.68 bits per heavy atom. The first-order chi connectivity index (χ1) is 13.7. The van der Waals surface area contributed by atoms with Gasteiger partial charge in [-0.1, -0.05) is 12.1 Å². The normalized spacial score (nSPS) is 14.7. The fraction of sp³-hybridized carbons (Fsp3) is 0.300. The molecule has 28 heavy (non-hydrogen) atoms. The highest BCUT2D eigenvalue weighted by Gasteiger charge is 2.17. The van der Waals surface area contributed by atoms with E-state index in [0.717, 1.165) is 41.3 Å². The number of aryl methyl sites for hydroxylation is 1. The Hall–Kier alpha value is -3.42. The molecule has 1 fully saturated rings. The van der Waals surface area contributed by atoms with Gasteiger partial charge in [-0.3, -0.25) is 9.89 Å². The van der Waals surface area contributed by atoms with Gasteiger partial charge in [-0.05, 0) is 38.3 Å². The number of aromatic amines is 2. The third kappa shape index (κ3) is 2.87. The standard InChI is InChI=1S/C20H21N7O/c1-13-14(12-21-19(22-13)26-9-5-2-6-10-26)17-11-18(28)27(25-17)20-23-15-7-3-4-8-16(15)24-20/h3-4,7-8,11-12,25H,2,5-6,9-10H2,1H3,(H,23,24). The van der Waals surface area contributed by atoms with Gasteiger partial charge in [-0.25, -0.2) is 15.0 Å². The lowest BCUT2D eigenvalue weighted by Gasteiger charge is -2.26. The highest BCUT2D eigenvalue weighted by Crippen LogP contribution is 2.22. The molecule has 0 atom stereocenters. The van der Waals surface area contributed by atoms with E-state index in [9.17, 15) is 4.79 Å². The minimum atomic E-state index is -0.187. The zero-order chi connectivity index (χ0) is 19.1. The lowest BCUT2D eigenvalue weighted by Crippen LogP contribution is -2.31. The number of imidazole rings is 1. The minimum absolute atomic E-state index is 0.187. The van der Waals surface area contributed by atoms with Crippen LogP contribution in [0.4, 0.5) is 5.95 Å². The van der Waals surface area contributed by atoms with Crippen LogP contribution in [0.1, 0.15) is 25.0 Å². The van der Waals surface area contributed by atoms with E-state index in [1.54, 1.807) is 12.3 Å². The molecular formula is C20H21N7O. The molecule has 2 N–H and O–H groups in total. The van der Waals surface area contributed by atoms with Crippen molar-refractivity contribution in [2.75, 3.05) is 18.0 Å². The van der Waals surface area contributed by atoms with E-state index < -0.39 is 0 Å². The molecule has 1 aliphatic rings. The van der Waals surface area contributed by atoms with Gasteiger partial charge in [0.1, 0.15) is 0 Å². The second-order valence-corrected chi connectivity index (χ2v) is 7.14. The summed E-state index contributed by atoms with van der Waals surface area (Å²) in [6, 6.07) is 9.23. The number of anilines is 1. The van der Waals surface area contributed by atoms with Crippen LogP contribution in [0.25, 0.3) is 28.2 Å². The van der Waals surface area contributed by atoms with Gasteiger partial charge in [-0.2, -0.15) is 4.68 Å². The van der Waals surface area contributed by atoms with E-state index in [0.29, 0.717) is 11.6 Å². The molecule has 0 unspecified atom stereocenters. The van der Waals surface area contributed by atoms with Crippen LogP contribution in [-0.4, -0.2) is 42.8 Å². The number of aromatic nitrogens is 6. The van der Waals surface area contributed by atoms with Gasteiger partial charge in [0.15, 0.2) is 0 Å². The molecule has 0 radical (unpaired) electrons. The predicted molar refractivity (Wildman–Crippen MR) is 108 cm³/mol. The summed E-state index contributed by atoms with van der Waals surface area (Å²) in [7, 11) is 0. The van der Waals surface area contributed by atoms with Crippen LogP contribution < -0.4 is 10.5 Å². The SMILES string of the molecule is Cc1nc(N2CCCCC2)ncc1-c1cc(=O)n(-c2nc3ccccc3[nH]2)[nH]1. The number of benzene rings is 1. The monoisotopic (exact) mass is 375 g/mol. The lowest BCUT2D eigenvalue weighted by molar-refractivity contribution is 0.568. The third-order valence-electron chi connectivity index (χ3n) is 5.20. The summed E-state index contributed by atoms with van der Waals surface area (Å²) >= 11 is 0. The molecule has 5 rings (SSSR count). The Morgan fingerprint density at radius 1 is 1.07 bits per heavy atom. The molecule has 1 saturated heterocycles. The van der Waals surface area contributed by atoms with Crippen LogP contribution in [0, 0.1) is 6.92 Å². The summed E-state index contributed by atoms with van der Waals surface area (Å²) in [4.78, 5) is 31.6. The van der Waals surface area contributed by atoms with Crippen molar-refractivity contribution in [3.8, 4) is 17.2 Å². The second kappa shape index (κ2) is 6.63. The summed E-state index contributed by atoms with van der Waals surface area (Å²) in [5.41, 5.74) is 3.83. The molecule has 0 bridgehead atoms. The molecule has 8 heteroatoms. The van der Waals surface area contributed by atoms with E-state index >= 15 is 0 Å². The lowest BCUT2D eigenvalue weighted by atomic mass is 10.1. The average molecular weight is 375 g/mol. The van der Waals surface area contributed by atoms with E-state index in [-0.39, 0.29) is 5.56 Å². The molecule has 8 nitrogen and oxygen atoms in total.